The van der Waals surface area contributed by atoms with Gasteiger partial charge in [-0.3, -0.25) is 4.79 Å². The molecule has 0 atom stereocenters. The summed E-state index contributed by atoms with van der Waals surface area (Å²) in [6.45, 7) is 8.21. The summed E-state index contributed by atoms with van der Waals surface area (Å²) in [7, 11) is 0. The lowest BCUT2D eigenvalue weighted by atomic mass is 10.0. The fraction of sp³-hybridized carbons (Fsp3) is 0.370. The molecule has 0 bridgehead atoms. The first-order valence-electron chi connectivity index (χ1n) is 11.7. The van der Waals surface area contributed by atoms with Gasteiger partial charge in [0.05, 0.1) is 11.9 Å². The molecule has 1 saturated heterocycles. The Morgan fingerprint density at radius 2 is 1.94 bits per heavy atom. The van der Waals surface area contributed by atoms with Crippen molar-refractivity contribution in [2.45, 2.75) is 39.2 Å². The van der Waals surface area contributed by atoms with Crippen LogP contribution in [0.5, 0.6) is 0 Å². The van der Waals surface area contributed by atoms with Crippen LogP contribution in [0.3, 0.4) is 0 Å². The van der Waals surface area contributed by atoms with Crippen molar-refractivity contribution in [3.8, 4) is 12.3 Å². The Morgan fingerprint density at radius 1 is 1.15 bits per heavy atom. The maximum atomic E-state index is 13.0. The van der Waals surface area contributed by atoms with Crippen LogP contribution in [0, 0.1) is 12.3 Å². The highest BCUT2D eigenvalue weighted by molar-refractivity contribution is 5.92. The number of nitrogens with zero attached hydrogens (tertiary/aromatic N) is 4. The van der Waals surface area contributed by atoms with E-state index in [0.717, 1.165) is 66.7 Å². The normalized spacial score (nSPS) is 14.4. The van der Waals surface area contributed by atoms with E-state index < -0.39 is 0 Å². The van der Waals surface area contributed by atoms with Gasteiger partial charge >= 0.3 is 0 Å². The monoisotopic (exact) mass is 441 g/mol. The molecule has 1 amide bonds. The molecule has 3 aromatic rings. The molecule has 33 heavy (non-hydrogen) atoms. The number of fused-ring (bicyclic) bond motifs is 1. The second kappa shape index (κ2) is 10.5. The summed E-state index contributed by atoms with van der Waals surface area (Å²) in [5, 5.41) is 4.23. The Hall–Kier alpha value is -3.43. The zero-order valence-electron chi connectivity index (χ0n) is 19.4. The largest absolute Gasteiger partial charge is 0.342 e. The highest BCUT2D eigenvalue weighted by Crippen LogP contribution is 2.25. The van der Waals surface area contributed by atoms with E-state index in [9.17, 15) is 4.79 Å². The highest BCUT2D eigenvalue weighted by atomic mass is 16.2. The average molecular weight is 442 g/mol. The first-order valence-corrected chi connectivity index (χ1v) is 11.7. The minimum Gasteiger partial charge on any atom is -0.342 e. The van der Waals surface area contributed by atoms with E-state index in [2.05, 4.69) is 40.0 Å². The van der Waals surface area contributed by atoms with Gasteiger partial charge in [-0.25, -0.2) is 9.97 Å². The SMILES string of the molecule is C#Cc1cccc(Nc2ncnc3ccc(CC(=O)N4CCC(N(CC)CC)CC4)cc23)c1. The van der Waals surface area contributed by atoms with Crippen LogP contribution in [0.1, 0.15) is 37.8 Å². The molecule has 1 fully saturated rings. The summed E-state index contributed by atoms with van der Waals surface area (Å²) < 4.78 is 0. The molecule has 1 aliphatic heterocycles. The summed E-state index contributed by atoms with van der Waals surface area (Å²) in [5.41, 5.74) is 3.46. The van der Waals surface area contributed by atoms with Crippen molar-refractivity contribution < 1.29 is 4.79 Å². The molecule has 0 aliphatic carbocycles. The predicted molar refractivity (Wildman–Crippen MR) is 133 cm³/mol. The smallest absolute Gasteiger partial charge is 0.226 e. The minimum atomic E-state index is 0.181. The first kappa shape index (κ1) is 22.8. The third-order valence-corrected chi connectivity index (χ3v) is 6.49. The van der Waals surface area contributed by atoms with Crippen molar-refractivity contribution in [1.29, 1.82) is 0 Å². The molecule has 170 valence electrons. The molecule has 4 rings (SSSR count). The minimum absolute atomic E-state index is 0.181. The third-order valence-electron chi connectivity index (χ3n) is 6.49. The molecular formula is C27H31N5O. The summed E-state index contributed by atoms with van der Waals surface area (Å²) in [5.74, 6) is 3.53. The van der Waals surface area contributed by atoms with Gasteiger partial charge in [0.25, 0.3) is 0 Å². The standard InChI is InChI=1S/C27H31N5O/c1-4-20-8-7-9-22(16-20)30-27-24-17-21(10-11-25(24)28-19-29-27)18-26(33)32-14-12-23(13-15-32)31(5-2)6-3/h1,7-11,16-17,19,23H,5-6,12-15,18H2,2-3H3,(H,28,29,30). The van der Waals surface area contributed by atoms with Crippen molar-refractivity contribution in [3.05, 3.63) is 59.9 Å². The Balaban J connectivity index is 1.47. The van der Waals surface area contributed by atoms with Gasteiger partial charge in [-0.15, -0.1) is 6.42 Å². The topological polar surface area (TPSA) is 61.4 Å². The van der Waals surface area contributed by atoms with E-state index in [-0.39, 0.29) is 5.91 Å². The second-order valence-electron chi connectivity index (χ2n) is 8.43. The quantitative estimate of drug-likeness (QED) is 0.556. The van der Waals surface area contributed by atoms with Crippen molar-refractivity contribution in [3.63, 3.8) is 0 Å². The van der Waals surface area contributed by atoms with Crippen LogP contribution in [0.25, 0.3) is 10.9 Å². The fourth-order valence-electron chi connectivity index (χ4n) is 4.64. The Bertz CT molecular complexity index is 1160. The van der Waals surface area contributed by atoms with E-state index in [0.29, 0.717) is 18.3 Å². The molecular weight excluding hydrogens is 410 g/mol. The number of terminal acetylenes is 1. The fourth-order valence-corrected chi connectivity index (χ4v) is 4.64. The van der Waals surface area contributed by atoms with Crippen molar-refractivity contribution in [2.75, 3.05) is 31.5 Å². The molecule has 2 heterocycles. The van der Waals surface area contributed by atoms with E-state index in [4.69, 9.17) is 6.42 Å². The van der Waals surface area contributed by atoms with Gasteiger partial charge in [-0.1, -0.05) is 31.9 Å². The van der Waals surface area contributed by atoms with Gasteiger partial charge in [0, 0.05) is 35.8 Å². The summed E-state index contributed by atoms with van der Waals surface area (Å²) in [6.07, 6.45) is 9.54. The molecule has 6 nitrogen and oxygen atoms in total. The molecule has 0 unspecified atom stereocenters. The molecule has 6 heteroatoms. The second-order valence-corrected chi connectivity index (χ2v) is 8.43. The van der Waals surface area contributed by atoms with E-state index in [1.807, 2.05) is 47.4 Å². The Morgan fingerprint density at radius 3 is 2.67 bits per heavy atom. The number of hydrogen-bond donors (Lipinski definition) is 1. The number of nitrogens with one attached hydrogen (secondary N) is 1. The number of carbonyl (C=O) groups excluding carboxylic acids is 1. The van der Waals surface area contributed by atoms with Crippen LogP contribution >= 0.6 is 0 Å². The first-order chi connectivity index (χ1) is 16.1. The van der Waals surface area contributed by atoms with E-state index >= 15 is 0 Å². The molecule has 1 aliphatic rings. The maximum absolute atomic E-state index is 13.0. The van der Waals surface area contributed by atoms with Crippen LogP contribution in [0.15, 0.2) is 48.8 Å². The number of likely N-dealkylation sites (tertiary alicyclic amines) is 1. The van der Waals surface area contributed by atoms with Crippen molar-refractivity contribution in [2.24, 2.45) is 0 Å². The number of carbonyl (C=O) groups is 1. The van der Waals surface area contributed by atoms with Gasteiger partial charge in [0.1, 0.15) is 12.1 Å². The lowest BCUT2D eigenvalue weighted by Gasteiger charge is -2.37. The summed E-state index contributed by atoms with van der Waals surface area (Å²) in [4.78, 5) is 26.3. The zero-order chi connectivity index (χ0) is 23.2. The van der Waals surface area contributed by atoms with Crippen LogP contribution < -0.4 is 5.32 Å². The van der Waals surface area contributed by atoms with Gasteiger partial charge in [-0.05, 0) is 61.8 Å². The van der Waals surface area contributed by atoms with Crippen LogP contribution in [-0.4, -0.2) is 57.9 Å². The highest BCUT2D eigenvalue weighted by Gasteiger charge is 2.25. The maximum Gasteiger partial charge on any atom is 0.226 e. The third kappa shape index (κ3) is 5.32. The van der Waals surface area contributed by atoms with Gasteiger partial charge in [0.2, 0.25) is 5.91 Å². The summed E-state index contributed by atoms with van der Waals surface area (Å²) in [6, 6.07) is 14.2. The van der Waals surface area contributed by atoms with Gasteiger partial charge in [-0.2, -0.15) is 0 Å². The number of aromatic nitrogens is 2. The lowest BCUT2D eigenvalue weighted by molar-refractivity contribution is -0.132. The number of benzene rings is 2. The number of anilines is 2. The number of hydrogen-bond acceptors (Lipinski definition) is 5. The molecule has 1 N–H and O–H groups in total. The van der Waals surface area contributed by atoms with Crippen LogP contribution in [0.2, 0.25) is 0 Å². The Labute approximate surface area is 196 Å². The lowest BCUT2D eigenvalue weighted by Crippen LogP contribution is -2.47. The zero-order valence-corrected chi connectivity index (χ0v) is 19.4. The number of piperidine rings is 1. The molecule has 1 aromatic heterocycles. The van der Waals surface area contributed by atoms with Gasteiger partial charge < -0.3 is 15.1 Å². The number of amides is 1. The number of rotatable bonds is 7. The van der Waals surface area contributed by atoms with Crippen LogP contribution in [-0.2, 0) is 11.2 Å². The van der Waals surface area contributed by atoms with Gasteiger partial charge in [0.15, 0.2) is 0 Å². The molecule has 0 radical (unpaired) electrons. The molecule has 2 aromatic carbocycles. The Kier molecular flexibility index (Phi) is 7.21. The van der Waals surface area contributed by atoms with E-state index in [1.165, 1.54) is 0 Å². The molecule has 0 spiro atoms. The van der Waals surface area contributed by atoms with Crippen molar-refractivity contribution >= 4 is 28.3 Å². The average Bonchev–Trinajstić information content (AvgIpc) is 2.85. The predicted octanol–water partition coefficient (Wildman–Crippen LogP) is 4.23. The van der Waals surface area contributed by atoms with E-state index in [1.54, 1.807) is 6.33 Å². The summed E-state index contributed by atoms with van der Waals surface area (Å²) >= 11 is 0. The van der Waals surface area contributed by atoms with Crippen LogP contribution in [0.4, 0.5) is 11.5 Å². The molecule has 0 saturated carbocycles. The van der Waals surface area contributed by atoms with Crippen molar-refractivity contribution in [1.82, 2.24) is 19.8 Å².